The van der Waals surface area contributed by atoms with Crippen LogP contribution < -0.4 is 0 Å². The summed E-state index contributed by atoms with van der Waals surface area (Å²) in [6.07, 6.45) is 8.56. The molecule has 0 aliphatic heterocycles. The van der Waals surface area contributed by atoms with Crippen molar-refractivity contribution >= 4 is 11.1 Å². The van der Waals surface area contributed by atoms with Gasteiger partial charge in [0.1, 0.15) is 12.5 Å². The molecule has 0 saturated heterocycles. The van der Waals surface area contributed by atoms with Crippen molar-refractivity contribution in [3.63, 3.8) is 0 Å². The van der Waals surface area contributed by atoms with Crippen LogP contribution in [0.2, 0.25) is 0 Å². The van der Waals surface area contributed by atoms with E-state index in [2.05, 4.69) is 28.9 Å². The third-order valence-electron chi connectivity index (χ3n) is 0.999. The summed E-state index contributed by atoms with van der Waals surface area (Å²) in [5.74, 6) is 0. The summed E-state index contributed by atoms with van der Waals surface area (Å²) in [5, 5.41) is 0. The lowest BCUT2D eigenvalue weighted by atomic mass is 10.7. The topological polar surface area (TPSA) is 4.93 Å². The Morgan fingerprint density at radius 1 is 1.12 bits per heavy atom. The highest BCUT2D eigenvalue weighted by atomic mass is 32.2. The third kappa shape index (κ3) is 1.07. The Labute approximate surface area is 52.8 Å². The molecule has 0 fully saturated rings. The molecule has 0 radical (unpaired) electrons. The number of rotatable bonds is 1. The zero-order valence-electron chi connectivity index (χ0n) is 5.16. The second-order valence-electron chi connectivity index (χ2n) is 1.82. The first-order valence-electron chi connectivity index (χ1n) is 2.52. The summed E-state index contributed by atoms with van der Waals surface area (Å²) in [6.45, 7) is 0. The molecule has 0 atom stereocenters. The first-order valence-corrected chi connectivity index (χ1v) is 4.51. The van der Waals surface area contributed by atoms with E-state index in [1.54, 1.807) is 0 Å². The Morgan fingerprint density at radius 3 is 1.88 bits per heavy atom. The van der Waals surface area contributed by atoms with Crippen LogP contribution in [0.4, 0.5) is 0 Å². The number of hydrogen-bond donors (Lipinski definition) is 0. The number of aromatic nitrogens is 1. The molecule has 1 aromatic rings. The quantitative estimate of drug-likeness (QED) is 0.500. The molecule has 1 aromatic heterocycles. The van der Waals surface area contributed by atoms with Crippen molar-refractivity contribution in [2.24, 2.45) is 0 Å². The molecule has 0 amide bonds. The molecule has 44 valence electrons. The molecule has 0 spiro atoms. The van der Waals surface area contributed by atoms with Gasteiger partial charge in [0.25, 0.3) is 0 Å². The lowest BCUT2D eigenvalue weighted by Crippen LogP contribution is -2.04. The standard InChI is InChI=1S/C6H10NS/c1-8(2)7-5-3-4-6-7/h3-6H,1-2H3/q+1. The highest BCUT2D eigenvalue weighted by Gasteiger charge is 2.00. The maximum absolute atomic E-state index is 2.19. The molecule has 0 bridgehead atoms. The average molecular weight is 128 g/mol. The zero-order chi connectivity index (χ0) is 5.98. The molecule has 0 unspecified atom stereocenters. The van der Waals surface area contributed by atoms with Gasteiger partial charge in [0.05, 0.1) is 23.5 Å². The van der Waals surface area contributed by atoms with E-state index >= 15 is 0 Å². The minimum absolute atomic E-state index is 0.369. The maximum Gasteiger partial charge on any atom is 0.123 e. The largest absolute Gasteiger partial charge is 0.178 e. The smallest absolute Gasteiger partial charge is 0.123 e. The molecule has 8 heavy (non-hydrogen) atoms. The molecule has 1 nitrogen and oxygen atoms in total. The summed E-state index contributed by atoms with van der Waals surface area (Å²) in [6, 6.07) is 4.10. The molecule has 1 rings (SSSR count). The number of nitrogens with zero attached hydrogens (tertiary/aromatic N) is 1. The summed E-state index contributed by atoms with van der Waals surface area (Å²) in [5.41, 5.74) is 0. The van der Waals surface area contributed by atoms with E-state index < -0.39 is 0 Å². The van der Waals surface area contributed by atoms with Crippen molar-refractivity contribution in [2.45, 2.75) is 0 Å². The van der Waals surface area contributed by atoms with E-state index in [4.69, 9.17) is 0 Å². The molecular formula is C6H10NS+. The van der Waals surface area contributed by atoms with E-state index in [0.29, 0.717) is 11.1 Å². The van der Waals surface area contributed by atoms with Crippen LogP contribution in [-0.4, -0.2) is 16.5 Å². The van der Waals surface area contributed by atoms with Gasteiger partial charge < -0.3 is 0 Å². The number of hydrogen-bond acceptors (Lipinski definition) is 0. The Kier molecular flexibility index (Phi) is 1.63. The summed E-state index contributed by atoms with van der Waals surface area (Å²) >= 11 is 0.369. The second-order valence-corrected chi connectivity index (χ2v) is 3.78. The molecule has 0 saturated carbocycles. The van der Waals surface area contributed by atoms with Gasteiger partial charge in [-0.15, -0.1) is 0 Å². The minimum Gasteiger partial charge on any atom is -0.178 e. The average Bonchev–Trinajstić information content (AvgIpc) is 2.12. The van der Waals surface area contributed by atoms with Gasteiger partial charge in [-0.05, 0) is 12.1 Å². The van der Waals surface area contributed by atoms with E-state index in [9.17, 15) is 0 Å². The third-order valence-corrected chi connectivity index (χ3v) is 2.09. The first kappa shape index (κ1) is 5.76. The van der Waals surface area contributed by atoms with Crippen LogP contribution in [0.3, 0.4) is 0 Å². The van der Waals surface area contributed by atoms with Crippen LogP contribution in [0.25, 0.3) is 0 Å². The first-order chi connectivity index (χ1) is 3.80. The van der Waals surface area contributed by atoms with Crippen LogP contribution in [0, 0.1) is 0 Å². The molecule has 0 aliphatic rings. The van der Waals surface area contributed by atoms with Gasteiger partial charge in [-0.25, -0.2) is 0 Å². The van der Waals surface area contributed by atoms with Crippen LogP contribution in [0.15, 0.2) is 24.5 Å². The van der Waals surface area contributed by atoms with E-state index in [1.807, 2.05) is 12.1 Å². The van der Waals surface area contributed by atoms with Crippen molar-refractivity contribution in [3.05, 3.63) is 24.5 Å². The fourth-order valence-corrected chi connectivity index (χ4v) is 1.19. The maximum atomic E-state index is 2.19. The Hall–Kier alpha value is -0.370. The van der Waals surface area contributed by atoms with E-state index in [1.165, 1.54) is 0 Å². The van der Waals surface area contributed by atoms with Crippen LogP contribution in [0.1, 0.15) is 0 Å². The fraction of sp³-hybridized carbons (Fsp3) is 0.333. The van der Waals surface area contributed by atoms with Gasteiger partial charge in [0.15, 0.2) is 0 Å². The summed E-state index contributed by atoms with van der Waals surface area (Å²) in [7, 11) is 0. The van der Waals surface area contributed by atoms with Crippen molar-refractivity contribution in [2.75, 3.05) is 12.5 Å². The lowest BCUT2D eigenvalue weighted by Gasteiger charge is -1.92. The molecule has 0 aliphatic carbocycles. The lowest BCUT2D eigenvalue weighted by molar-refractivity contribution is 1.27. The molecule has 0 N–H and O–H groups in total. The van der Waals surface area contributed by atoms with Gasteiger partial charge in [-0.3, -0.25) is 0 Å². The Balaban J connectivity index is 2.77. The molecular weight excluding hydrogens is 118 g/mol. The molecule has 0 aromatic carbocycles. The van der Waals surface area contributed by atoms with Gasteiger partial charge in [0.2, 0.25) is 0 Å². The van der Waals surface area contributed by atoms with Crippen LogP contribution in [-0.2, 0) is 11.1 Å². The van der Waals surface area contributed by atoms with Crippen molar-refractivity contribution in [1.82, 2.24) is 3.97 Å². The van der Waals surface area contributed by atoms with Crippen molar-refractivity contribution in [3.8, 4) is 0 Å². The van der Waals surface area contributed by atoms with Gasteiger partial charge >= 0.3 is 0 Å². The highest BCUT2D eigenvalue weighted by molar-refractivity contribution is 7.94. The predicted molar refractivity (Wildman–Crippen MR) is 39.0 cm³/mol. The van der Waals surface area contributed by atoms with E-state index in [-0.39, 0.29) is 0 Å². The zero-order valence-corrected chi connectivity index (χ0v) is 5.98. The van der Waals surface area contributed by atoms with Crippen molar-refractivity contribution in [1.29, 1.82) is 0 Å². The monoisotopic (exact) mass is 128 g/mol. The van der Waals surface area contributed by atoms with Crippen LogP contribution in [0.5, 0.6) is 0 Å². The van der Waals surface area contributed by atoms with Crippen LogP contribution >= 0.6 is 0 Å². The van der Waals surface area contributed by atoms with Gasteiger partial charge in [0, 0.05) is 0 Å². The second kappa shape index (κ2) is 2.27. The summed E-state index contributed by atoms with van der Waals surface area (Å²) in [4.78, 5) is 0. The summed E-state index contributed by atoms with van der Waals surface area (Å²) < 4.78 is 2.19. The molecule has 1 heterocycles. The minimum atomic E-state index is 0.369. The van der Waals surface area contributed by atoms with Gasteiger partial charge in [-0.1, -0.05) is 0 Å². The fourth-order valence-electron chi connectivity index (χ4n) is 0.562. The highest BCUT2D eigenvalue weighted by Crippen LogP contribution is 1.93. The normalized spacial score (nSPS) is 10.4. The van der Waals surface area contributed by atoms with Gasteiger partial charge in [-0.2, -0.15) is 3.97 Å². The molecule has 2 heteroatoms. The van der Waals surface area contributed by atoms with E-state index in [0.717, 1.165) is 0 Å². The predicted octanol–water partition coefficient (Wildman–Crippen LogP) is 1.13. The Bertz CT molecular complexity index is 144. The Morgan fingerprint density at radius 2 is 1.62 bits per heavy atom. The van der Waals surface area contributed by atoms with Crippen molar-refractivity contribution < 1.29 is 0 Å². The SMILES string of the molecule is C[S+](C)n1cccc1.